The molecule has 2 atom stereocenters. The van der Waals surface area contributed by atoms with Crippen LogP contribution in [0.15, 0.2) is 10.8 Å². The van der Waals surface area contributed by atoms with Crippen molar-refractivity contribution in [1.29, 1.82) is 0 Å². The number of anilines is 2. The van der Waals surface area contributed by atoms with Crippen LogP contribution < -0.4 is 10.2 Å². The maximum absolute atomic E-state index is 5.64. The number of hydrogen-bond donors (Lipinski definition) is 1. The number of morpholine rings is 1. The fourth-order valence-corrected chi connectivity index (χ4v) is 2.62. The predicted octanol–water partition coefficient (Wildman–Crippen LogP) is 2.28. The molecule has 18 heavy (non-hydrogen) atoms. The number of hydrogen-bond acceptors (Lipinski definition) is 5. The highest BCUT2D eigenvalue weighted by molar-refractivity contribution is 9.10. The highest BCUT2D eigenvalue weighted by atomic mass is 79.9. The van der Waals surface area contributed by atoms with E-state index in [1.54, 1.807) is 6.33 Å². The van der Waals surface area contributed by atoms with Crippen LogP contribution in [-0.2, 0) is 4.74 Å². The van der Waals surface area contributed by atoms with Crippen LogP contribution in [0.2, 0.25) is 0 Å². The van der Waals surface area contributed by atoms with Crippen molar-refractivity contribution >= 4 is 27.6 Å². The molecule has 100 valence electrons. The number of nitrogens with one attached hydrogen (secondary N) is 1. The lowest BCUT2D eigenvalue weighted by molar-refractivity contribution is 0.0340. The van der Waals surface area contributed by atoms with Gasteiger partial charge in [0.2, 0.25) is 0 Å². The van der Waals surface area contributed by atoms with E-state index in [2.05, 4.69) is 50.0 Å². The Bertz CT molecular complexity index is 415. The highest BCUT2D eigenvalue weighted by Crippen LogP contribution is 2.31. The molecule has 1 aliphatic rings. The number of rotatable bonds is 3. The summed E-state index contributed by atoms with van der Waals surface area (Å²) in [5.74, 6) is 1.78. The Morgan fingerprint density at radius 3 is 3.00 bits per heavy atom. The average Bonchev–Trinajstić information content (AvgIpc) is 2.35. The third kappa shape index (κ3) is 2.75. The Hall–Kier alpha value is -0.880. The number of ether oxygens (including phenoxy) is 1. The second-order valence-corrected chi connectivity index (χ2v) is 5.33. The second kappa shape index (κ2) is 5.84. The first-order chi connectivity index (χ1) is 8.63. The second-order valence-electron chi connectivity index (χ2n) is 4.54. The molecular formula is C12H19BrN4O. The van der Waals surface area contributed by atoms with Crippen LogP contribution in [0.4, 0.5) is 11.6 Å². The molecule has 0 spiro atoms. The maximum atomic E-state index is 5.64. The number of aromatic nitrogens is 2. The van der Waals surface area contributed by atoms with Gasteiger partial charge in [-0.2, -0.15) is 0 Å². The summed E-state index contributed by atoms with van der Waals surface area (Å²) in [6.07, 6.45) is 1.83. The van der Waals surface area contributed by atoms with Crippen molar-refractivity contribution in [1.82, 2.24) is 9.97 Å². The Balaban J connectivity index is 2.28. The topological polar surface area (TPSA) is 50.3 Å². The van der Waals surface area contributed by atoms with Gasteiger partial charge in [0.1, 0.15) is 22.4 Å². The lowest BCUT2D eigenvalue weighted by atomic mass is 10.2. The van der Waals surface area contributed by atoms with E-state index in [4.69, 9.17) is 4.74 Å². The molecule has 2 heterocycles. The number of halogens is 1. The molecule has 5 nitrogen and oxygen atoms in total. The fraction of sp³-hybridized carbons (Fsp3) is 0.667. The SMILES string of the molecule is CCNc1ncnc(N2CC(C)OCC2C)c1Br. The van der Waals surface area contributed by atoms with E-state index < -0.39 is 0 Å². The quantitative estimate of drug-likeness (QED) is 0.927. The van der Waals surface area contributed by atoms with Crippen molar-refractivity contribution < 1.29 is 4.74 Å². The summed E-state index contributed by atoms with van der Waals surface area (Å²) in [4.78, 5) is 10.9. The third-order valence-electron chi connectivity index (χ3n) is 3.00. The Kier molecular flexibility index (Phi) is 4.40. The average molecular weight is 315 g/mol. The van der Waals surface area contributed by atoms with Crippen molar-refractivity contribution in [3.63, 3.8) is 0 Å². The summed E-state index contributed by atoms with van der Waals surface area (Å²) in [5, 5.41) is 3.23. The van der Waals surface area contributed by atoms with Gasteiger partial charge in [-0.05, 0) is 36.7 Å². The molecule has 1 aliphatic heterocycles. The molecule has 2 rings (SSSR count). The van der Waals surface area contributed by atoms with E-state index in [9.17, 15) is 0 Å². The van der Waals surface area contributed by atoms with Crippen LogP contribution in [-0.4, -0.2) is 41.8 Å². The van der Waals surface area contributed by atoms with Gasteiger partial charge in [-0.15, -0.1) is 0 Å². The summed E-state index contributed by atoms with van der Waals surface area (Å²) in [7, 11) is 0. The lowest BCUT2D eigenvalue weighted by Gasteiger charge is -2.38. The van der Waals surface area contributed by atoms with Gasteiger partial charge < -0.3 is 15.0 Å². The Labute approximate surface area is 116 Å². The molecule has 0 radical (unpaired) electrons. The van der Waals surface area contributed by atoms with Gasteiger partial charge in [0.25, 0.3) is 0 Å². The third-order valence-corrected chi connectivity index (χ3v) is 3.73. The molecule has 0 saturated carbocycles. The predicted molar refractivity (Wildman–Crippen MR) is 76.1 cm³/mol. The minimum Gasteiger partial charge on any atom is -0.375 e. The smallest absolute Gasteiger partial charge is 0.148 e. The van der Waals surface area contributed by atoms with Crippen LogP contribution in [0, 0.1) is 0 Å². The van der Waals surface area contributed by atoms with E-state index in [1.807, 2.05) is 6.92 Å². The molecule has 0 aromatic carbocycles. The first-order valence-corrected chi connectivity index (χ1v) is 7.05. The molecule has 0 amide bonds. The standard InChI is InChI=1S/C12H19BrN4O/c1-4-14-11-10(13)12(16-7-15-11)17-5-9(3)18-6-8(17)2/h7-9H,4-6H2,1-3H3,(H,14,15,16). The molecule has 0 aliphatic carbocycles. The zero-order valence-corrected chi connectivity index (χ0v) is 12.6. The summed E-state index contributed by atoms with van der Waals surface area (Å²) < 4.78 is 6.57. The molecular weight excluding hydrogens is 296 g/mol. The molecule has 1 N–H and O–H groups in total. The minimum atomic E-state index is 0.227. The van der Waals surface area contributed by atoms with E-state index in [1.165, 1.54) is 0 Å². The maximum Gasteiger partial charge on any atom is 0.148 e. The first-order valence-electron chi connectivity index (χ1n) is 6.26. The van der Waals surface area contributed by atoms with Gasteiger partial charge in [-0.1, -0.05) is 0 Å². The normalized spacial score (nSPS) is 24.1. The largest absolute Gasteiger partial charge is 0.375 e. The molecule has 2 unspecified atom stereocenters. The van der Waals surface area contributed by atoms with E-state index in [0.717, 1.165) is 35.8 Å². The minimum absolute atomic E-state index is 0.227. The number of nitrogens with zero attached hydrogens (tertiary/aromatic N) is 3. The van der Waals surface area contributed by atoms with Crippen molar-refractivity contribution in [2.75, 3.05) is 29.9 Å². The van der Waals surface area contributed by atoms with Crippen molar-refractivity contribution in [2.24, 2.45) is 0 Å². The zero-order valence-electron chi connectivity index (χ0n) is 11.0. The Morgan fingerprint density at radius 1 is 1.50 bits per heavy atom. The van der Waals surface area contributed by atoms with Crippen LogP contribution in [0.5, 0.6) is 0 Å². The molecule has 1 aromatic heterocycles. The van der Waals surface area contributed by atoms with Crippen LogP contribution in [0.3, 0.4) is 0 Å². The van der Waals surface area contributed by atoms with E-state index >= 15 is 0 Å². The van der Waals surface area contributed by atoms with Gasteiger partial charge in [-0.25, -0.2) is 9.97 Å². The van der Waals surface area contributed by atoms with Crippen molar-refractivity contribution in [3.8, 4) is 0 Å². The fourth-order valence-electron chi connectivity index (χ4n) is 2.05. The summed E-state index contributed by atoms with van der Waals surface area (Å²) in [6, 6.07) is 0.321. The summed E-state index contributed by atoms with van der Waals surface area (Å²) >= 11 is 3.60. The van der Waals surface area contributed by atoms with Gasteiger partial charge in [0.05, 0.1) is 18.8 Å². The monoisotopic (exact) mass is 314 g/mol. The van der Waals surface area contributed by atoms with Crippen molar-refractivity contribution in [2.45, 2.75) is 32.9 Å². The summed E-state index contributed by atoms with van der Waals surface area (Å²) in [6.45, 7) is 8.70. The van der Waals surface area contributed by atoms with Crippen LogP contribution in [0.25, 0.3) is 0 Å². The zero-order chi connectivity index (χ0) is 13.1. The van der Waals surface area contributed by atoms with E-state index in [-0.39, 0.29) is 6.10 Å². The molecule has 1 saturated heterocycles. The molecule has 0 bridgehead atoms. The van der Waals surface area contributed by atoms with Gasteiger partial charge >= 0.3 is 0 Å². The lowest BCUT2D eigenvalue weighted by Crippen LogP contribution is -2.48. The van der Waals surface area contributed by atoms with Crippen molar-refractivity contribution in [3.05, 3.63) is 10.8 Å². The van der Waals surface area contributed by atoms with Crippen LogP contribution >= 0.6 is 15.9 Å². The highest BCUT2D eigenvalue weighted by Gasteiger charge is 2.26. The molecule has 1 aromatic rings. The summed E-state index contributed by atoms with van der Waals surface area (Å²) in [5.41, 5.74) is 0. The van der Waals surface area contributed by atoms with Crippen LogP contribution in [0.1, 0.15) is 20.8 Å². The first kappa shape index (κ1) is 13.5. The Morgan fingerprint density at radius 2 is 2.28 bits per heavy atom. The molecule has 6 heteroatoms. The molecule has 1 fully saturated rings. The van der Waals surface area contributed by atoms with E-state index in [0.29, 0.717) is 6.04 Å². The van der Waals surface area contributed by atoms with Gasteiger partial charge in [-0.3, -0.25) is 0 Å². The van der Waals surface area contributed by atoms with Gasteiger partial charge in [0.15, 0.2) is 0 Å². The van der Waals surface area contributed by atoms with Gasteiger partial charge in [0, 0.05) is 13.1 Å².